The van der Waals surface area contributed by atoms with Gasteiger partial charge >= 0.3 is 5.97 Å². The molecule has 0 aromatic carbocycles. The smallest absolute Gasteiger partial charge is 0.305 e. The Labute approximate surface area is 191 Å². The van der Waals surface area contributed by atoms with E-state index in [0.717, 1.165) is 12.8 Å². The average molecular weight is 455 g/mol. The van der Waals surface area contributed by atoms with Gasteiger partial charge in [0.25, 0.3) is 0 Å². The van der Waals surface area contributed by atoms with Crippen molar-refractivity contribution in [3.05, 3.63) is 0 Å². The number of carbonyl (C=O) groups is 1. The molecule has 0 unspecified atom stereocenters. The highest BCUT2D eigenvalue weighted by atomic mass is 16.5. The lowest BCUT2D eigenvalue weighted by molar-refractivity contribution is -0.281. The molecule has 4 aliphatic carbocycles. The molecular formula is C25H42O7. The Morgan fingerprint density at radius 1 is 1.03 bits per heavy atom. The second-order valence-electron chi connectivity index (χ2n) is 12.0. The van der Waals surface area contributed by atoms with Gasteiger partial charge in [0.05, 0.1) is 25.4 Å². The summed E-state index contributed by atoms with van der Waals surface area (Å²) in [4.78, 5) is 11.7. The summed E-state index contributed by atoms with van der Waals surface area (Å²) in [5, 5.41) is 54.5. The first-order valence-corrected chi connectivity index (χ1v) is 12.4. The number of carbonyl (C=O) groups excluding carboxylic acids is 1. The first-order valence-electron chi connectivity index (χ1n) is 12.4. The summed E-state index contributed by atoms with van der Waals surface area (Å²) in [6.07, 6.45) is 1.83. The molecule has 11 atom stereocenters. The van der Waals surface area contributed by atoms with Gasteiger partial charge in [0.1, 0.15) is 0 Å². The molecule has 0 bridgehead atoms. The van der Waals surface area contributed by atoms with Gasteiger partial charge in [0, 0.05) is 19.3 Å². The lowest BCUT2D eigenvalue weighted by atomic mass is 9.42. The van der Waals surface area contributed by atoms with Crippen molar-refractivity contribution in [3.8, 4) is 0 Å². The zero-order valence-electron chi connectivity index (χ0n) is 19.9. The summed E-state index contributed by atoms with van der Waals surface area (Å²) in [7, 11) is 1.40. The molecule has 0 aromatic heterocycles. The number of hydrogen-bond donors (Lipinski definition) is 5. The molecule has 7 nitrogen and oxygen atoms in total. The molecule has 4 aliphatic rings. The minimum atomic E-state index is -1.81. The van der Waals surface area contributed by atoms with E-state index >= 15 is 0 Å². The van der Waals surface area contributed by atoms with E-state index in [0.29, 0.717) is 25.7 Å². The minimum absolute atomic E-state index is 0.0270. The fourth-order valence-corrected chi connectivity index (χ4v) is 8.80. The summed E-state index contributed by atoms with van der Waals surface area (Å²) in [6.45, 7) is 6.40. The Balaban J connectivity index is 1.62. The molecule has 32 heavy (non-hydrogen) atoms. The molecule has 0 saturated heterocycles. The molecule has 5 N–H and O–H groups in total. The van der Waals surface area contributed by atoms with E-state index in [-0.39, 0.29) is 59.2 Å². The van der Waals surface area contributed by atoms with Crippen molar-refractivity contribution in [1.82, 2.24) is 0 Å². The number of aliphatic hydroxyl groups is 5. The van der Waals surface area contributed by atoms with E-state index in [1.54, 1.807) is 0 Å². The van der Waals surface area contributed by atoms with Crippen LogP contribution in [-0.4, -0.2) is 62.7 Å². The molecule has 4 saturated carbocycles. The fraction of sp³-hybridized carbons (Fsp3) is 0.960. The lowest BCUT2D eigenvalue weighted by Gasteiger charge is -2.65. The van der Waals surface area contributed by atoms with Gasteiger partial charge in [0.15, 0.2) is 5.79 Å². The van der Waals surface area contributed by atoms with Crippen molar-refractivity contribution in [1.29, 1.82) is 0 Å². The van der Waals surface area contributed by atoms with Crippen molar-refractivity contribution >= 4 is 5.97 Å². The second kappa shape index (κ2) is 8.19. The highest BCUT2D eigenvalue weighted by molar-refractivity contribution is 5.69. The highest BCUT2D eigenvalue weighted by Gasteiger charge is 2.68. The Kier molecular flexibility index (Phi) is 6.24. The number of fused-ring (bicyclic) bond motifs is 5. The predicted octanol–water partition coefficient (Wildman–Crippen LogP) is 1.83. The quantitative estimate of drug-likeness (QED) is 0.324. The van der Waals surface area contributed by atoms with Crippen LogP contribution in [0.25, 0.3) is 0 Å². The van der Waals surface area contributed by atoms with Crippen LogP contribution in [0, 0.1) is 46.3 Å². The Morgan fingerprint density at radius 3 is 2.38 bits per heavy atom. The average Bonchev–Trinajstić information content (AvgIpc) is 3.10. The first kappa shape index (κ1) is 24.4. The van der Waals surface area contributed by atoms with Gasteiger partial charge in [-0.15, -0.1) is 0 Å². The molecule has 0 amide bonds. The van der Waals surface area contributed by atoms with E-state index in [4.69, 9.17) is 4.74 Å². The number of rotatable bonds is 4. The second-order valence-corrected chi connectivity index (χ2v) is 12.0. The monoisotopic (exact) mass is 454 g/mol. The van der Waals surface area contributed by atoms with Crippen molar-refractivity contribution in [2.75, 3.05) is 7.11 Å². The molecule has 0 spiro atoms. The van der Waals surface area contributed by atoms with Gasteiger partial charge in [-0.25, -0.2) is 0 Å². The van der Waals surface area contributed by atoms with Crippen LogP contribution in [0.4, 0.5) is 0 Å². The van der Waals surface area contributed by atoms with Crippen LogP contribution >= 0.6 is 0 Å². The number of aliphatic hydroxyl groups excluding tert-OH is 3. The first-order chi connectivity index (χ1) is 14.9. The van der Waals surface area contributed by atoms with Crippen LogP contribution in [0.2, 0.25) is 0 Å². The maximum atomic E-state index is 11.7. The molecule has 0 aliphatic heterocycles. The Bertz CT molecular complexity index is 725. The maximum absolute atomic E-state index is 11.7. The van der Waals surface area contributed by atoms with Crippen molar-refractivity contribution in [2.24, 2.45) is 46.3 Å². The van der Waals surface area contributed by atoms with Crippen molar-refractivity contribution in [2.45, 2.75) is 96.2 Å². The molecule has 4 rings (SSSR count). The van der Waals surface area contributed by atoms with Crippen LogP contribution in [0.1, 0.15) is 72.1 Å². The van der Waals surface area contributed by atoms with E-state index in [1.807, 2.05) is 0 Å². The standard InChI is InChI=1S/C25H42O7/c1-13(5-8-19(27)32-4)14-6-7-15-20-16(11-18(26)24(14,15)3)23(2)9-10-25(30,31)12-17(23)21(28)22(20)29/h13-18,20-22,26,28-31H,5-12H2,1-4H3/t13-,14-,15+,16+,17+,18+,20+,21-,22+,23-,24-/m1/s1. The third-order valence-electron chi connectivity index (χ3n) is 10.7. The maximum Gasteiger partial charge on any atom is 0.305 e. The van der Waals surface area contributed by atoms with Gasteiger partial charge in [-0.3, -0.25) is 4.79 Å². The molecular weight excluding hydrogens is 412 g/mol. The molecule has 0 aromatic rings. The van der Waals surface area contributed by atoms with E-state index < -0.39 is 30.0 Å². The van der Waals surface area contributed by atoms with Gasteiger partial charge in [0.2, 0.25) is 0 Å². The molecule has 7 heteroatoms. The molecule has 184 valence electrons. The largest absolute Gasteiger partial charge is 0.469 e. The minimum Gasteiger partial charge on any atom is -0.469 e. The van der Waals surface area contributed by atoms with Gasteiger partial charge in [-0.1, -0.05) is 20.8 Å². The predicted molar refractivity (Wildman–Crippen MR) is 117 cm³/mol. The van der Waals surface area contributed by atoms with E-state index in [9.17, 15) is 30.3 Å². The topological polar surface area (TPSA) is 127 Å². The summed E-state index contributed by atoms with van der Waals surface area (Å²) < 4.78 is 4.80. The molecule has 0 heterocycles. The summed E-state index contributed by atoms with van der Waals surface area (Å²) in [5.74, 6) is -1.98. The van der Waals surface area contributed by atoms with Gasteiger partial charge in [-0.2, -0.15) is 0 Å². The Morgan fingerprint density at radius 2 is 1.72 bits per heavy atom. The number of hydrogen-bond acceptors (Lipinski definition) is 7. The van der Waals surface area contributed by atoms with Crippen LogP contribution in [0.5, 0.6) is 0 Å². The van der Waals surface area contributed by atoms with Gasteiger partial charge in [-0.05, 0) is 78.4 Å². The van der Waals surface area contributed by atoms with Crippen LogP contribution in [-0.2, 0) is 9.53 Å². The normalized spacial score (nSPS) is 50.7. The zero-order chi connectivity index (χ0) is 23.6. The van der Waals surface area contributed by atoms with Crippen molar-refractivity contribution in [3.63, 3.8) is 0 Å². The summed E-state index contributed by atoms with van der Waals surface area (Å²) in [5.41, 5.74) is -0.734. The highest BCUT2D eigenvalue weighted by Crippen LogP contribution is 2.68. The van der Waals surface area contributed by atoms with Crippen LogP contribution in [0.3, 0.4) is 0 Å². The third kappa shape index (κ3) is 3.54. The fourth-order valence-electron chi connectivity index (χ4n) is 8.80. The van der Waals surface area contributed by atoms with Crippen LogP contribution in [0.15, 0.2) is 0 Å². The molecule has 4 fully saturated rings. The third-order valence-corrected chi connectivity index (χ3v) is 10.7. The number of methoxy groups -OCH3 is 1. The Hall–Kier alpha value is -0.730. The summed E-state index contributed by atoms with van der Waals surface area (Å²) >= 11 is 0. The SMILES string of the molecule is COC(=O)CC[C@@H](C)[C@H]1CC[C@H]2[C@@H]3[C@H](O)[C@H](O)[C@@H]4CC(O)(O)CC[C@]4(C)[C@H]3C[C@H](O)[C@]12C. The van der Waals surface area contributed by atoms with E-state index in [1.165, 1.54) is 7.11 Å². The number of ether oxygens (including phenoxy) is 1. The lowest BCUT2D eigenvalue weighted by Crippen LogP contribution is -2.67. The molecule has 0 radical (unpaired) electrons. The van der Waals surface area contributed by atoms with Crippen LogP contribution < -0.4 is 0 Å². The summed E-state index contributed by atoms with van der Waals surface area (Å²) in [6, 6.07) is 0. The van der Waals surface area contributed by atoms with Crippen molar-refractivity contribution < 1.29 is 35.1 Å². The van der Waals surface area contributed by atoms with E-state index in [2.05, 4.69) is 20.8 Å². The zero-order valence-corrected chi connectivity index (χ0v) is 19.9. The number of esters is 1. The van der Waals surface area contributed by atoms with Gasteiger partial charge < -0.3 is 30.3 Å².